The Hall–Kier alpha value is -2.15. The molecule has 1 aromatic carbocycles. The van der Waals surface area contributed by atoms with Crippen LogP contribution in [-0.2, 0) is 0 Å². The van der Waals surface area contributed by atoms with E-state index >= 15 is 0 Å². The summed E-state index contributed by atoms with van der Waals surface area (Å²) in [5, 5.41) is 0. The number of aromatic nitrogens is 1. The van der Waals surface area contributed by atoms with E-state index < -0.39 is 11.7 Å². The molecule has 2 aromatic rings. The molecule has 0 aliphatic carbocycles. The van der Waals surface area contributed by atoms with E-state index in [0.717, 1.165) is 0 Å². The van der Waals surface area contributed by atoms with Crippen LogP contribution in [0.2, 0.25) is 0 Å². The second-order valence-corrected chi connectivity index (χ2v) is 4.51. The van der Waals surface area contributed by atoms with Crippen molar-refractivity contribution in [2.24, 2.45) is 5.73 Å². The van der Waals surface area contributed by atoms with Gasteiger partial charge in [-0.3, -0.25) is 4.79 Å². The average Bonchev–Trinajstić information content (AvgIpc) is 2.36. The standard InChI is InChI=1S/C12H9BrFN3O2/c13-8-3-6(1-2-9(8)14)19-11-4-7(12(16)18)10(15)5-17-11/h1-5H,15H2,(H2,16,18). The number of hydrogen-bond donors (Lipinski definition) is 2. The maximum atomic E-state index is 13.1. The van der Waals surface area contributed by atoms with Crippen molar-refractivity contribution in [3.63, 3.8) is 0 Å². The van der Waals surface area contributed by atoms with Crippen molar-refractivity contribution < 1.29 is 13.9 Å². The van der Waals surface area contributed by atoms with Crippen LogP contribution < -0.4 is 16.2 Å². The van der Waals surface area contributed by atoms with Crippen LogP contribution >= 0.6 is 15.9 Å². The quantitative estimate of drug-likeness (QED) is 0.906. The Morgan fingerprint density at radius 1 is 1.37 bits per heavy atom. The molecule has 0 saturated heterocycles. The molecule has 98 valence electrons. The van der Waals surface area contributed by atoms with Crippen molar-refractivity contribution in [3.05, 3.63) is 46.3 Å². The van der Waals surface area contributed by atoms with Crippen LogP contribution in [0.5, 0.6) is 11.6 Å². The number of halogens is 2. The molecule has 0 saturated carbocycles. The molecular formula is C12H9BrFN3O2. The largest absolute Gasteiger partial charge is 0.439 e. The molecule has 0 aliphatic heterocycles. The SMILES string of the molecule is NC(=O)c1cc(Oc2ccc(F)c(Br)c2)ncc1N. The molecule has 0 atom stereocenters. The summed E-state index contributed by atoms with van der Waals surface area (Å²) in [6.07, 6.45) is 1.27. The van der Waals surface area contributed by atoms with Gasteiger partial charge in [-0.1, -0.05) is 0 Å². The minimum Gasteiger partial charge on any atom is -0.439 e. The van der Waals surface area contributed by atoms with Crippen molar-refractivity contribution >= 4 is 27.5 Å². The van der Waals surface area contributed by atoms with Crippen molar-refractivity contribution in [2.75, 3.05) is 5.73 Å². The Labute approximate surface area is 116 Å². The maximum absolute atomic E-state index is 13.1. The van der Waals surface area contributed by atoms with Crippen LogP contribution in [-0.4, -0.2) is 10.9 Å². The lowest BCUT2D eigenvalue weighted by Gasteiger charge is -2.07. The first-order chi connectivity index (χ1) is 8.97. The van der Waals surface area contributed by atoms with E-state index in [1.165, 1.54) is 30.5 Å². The summed E-state index contributed by atoms with van der Waals surface area (Å²) in [4.78, 5) is 15.0. The molecule has 0 radical (unpaired) electrons. The van der Waals surface area contributed by atoms with Gasteiger partial charge in [0.05, 0.1) is 21.9 Å². The number of nitrogens with zero attached hydrogens (tertiary/aromatic N) is 1. The smallest absolute Gasteiger partial charge is 0.251 e. The minimum absolute atomic E-state index is 0.117. The zero-order chi connectivity index (χ0) is 14.0. The van der Waals surface area contributed by atoms with Gasteiger partial charge in [-0.2, -0.15) is 0 Å². The van der Waals surface area contributed by atoms with E-state index in [0.29, 0.717) is 5.75 Å². The van der Waals surface area contributed by atoms with Gasteiger partial charge in [0.15, 0.2) is 0 Å². The van der Waals surface area contributed by atoms with Gasteiger partial charge in [0.25, 0.3) is 5.91 Å². The summed E-state index contributed by atoms with van der Waals surface area (Å²) in [5.74, 6) is -0.581. The van der Waals surface area contributed by atoms with Crippen molar-refractivity contribution in [2.45, 2.75) is 0 Å². The van der Waals surface area contributed by atoms with Gasteiger partial charge >= 0.3 is 0 Å². The fourth-order valence-electron chi connectivity index (χ4n) is 1.38. The highest BCUT2D eigenvalue weighted by atomic mass is 79.9. The van der Waals surface area contributed by atoms with Crippen molar-refractivity contribution in [1.29, 1.82) is 0 Å². The molecular weight excluding hydrogens is 317 g/mol. The monoisotopic (exact) mass is 325 g/mol. The average molecular weight is 326 g/mol. The maximum Gasteiger partial charge on any atom is 0.251 e. The molecule has 0 unspecified atom stereocenters. The first-order valence-corrected chi connectivity index (χ1v) is 5.95. The van der Waals surface area contributed by atoms with Crippen LogP contribution in [0.3, 0.4) is 0 Å². The normalized spacial score (nSPS) is 10.2. The first-order valence-electron chi connectivity index (χ1n) is 5.15. The summed E-state index contributed by atoms with van der Waals surface area (Å²) < 4.78 is 18.7. The Bertz CT molecular complexity index is 649. The number of primary amides is 1. The zero-order valence-corrected chi connectivity index (χ0v) is 11.1. The first kappa shape index (κ1) is 13.3. The Kier molecular flexibility index (Phi) is 3.66. The number of nitrogen functional groups attached to an aromatic ring is 1. The molecule has 2 rings (SSSR count). The molecule has 0 aliphatic rings. The topological polar surface area (TPSA) is 91.2 Å². The van der Waals surface area contributed by atoms with Crippen LogP contribution in [0.25, 0.3) is 0 Å². The number of nitrogens with two attached hydrogens (primary N) is 2. The lowest BCUT2D eigenvalue weighted by atomic mass is 10.2. The van der Waals surface area contributed by atoms with Gasteiger partial charge < -0.3 is 16.2 Å². The number of hydrogen-bond acceptors (Lipinski definition) is 4. The van der Waals surface area contributed by atoms with Crippen LogP contribution in [0.15, 0.2) is 34.9 Å². The fraction of sp³-hybridized carbons (Fsp3) is 0. The van der Waals surface area contributed by atoms with Gasteiger partial charge in [-0.15, -0.1) is 0 Å². The van der Waals surface area contributed by atoms with Crippen molar-refractivity contribution in [1.82, 2.24) is 4.98 Å². The number of carbonyl (C=O) groups excluding carboxylic acids is 1. The van der Waals surface area contributed by atoms with E-state index in [1.807, 2.05) is 0 Å². The van der Waals surface area contributed by atoms with Gasteiger partial charge in [-0.25, -0.2) is 9.37 Å². The van der Waals surface area contributed by atoms with E-state index in [1.54, 1.807) is 0 Å². The lowest BCUT2D eigenvalue weighted by molar-refractivity contribution is 0.100. The summed E-state index contributed by atoms with van der Waals surface area (Å²) >= 11 is 3.04. The summed E-state index contributed by atoms with van der Waals surface area (Å²) in [6.45, 7) is 0. The fourth-order valence-corrected chi connectivity index (χ4v) is 1.73. The highest BCUT2D eigenvalue weighted by Crippen LogP contribution is 2.26. The highest BCUT2D eigenvalue weighted by molar-refractivity contribution is 9.10. The molecule has 1 amide bonds. The third-order valence-electron chi connectivity index (χ3n) is 2.29. The second kappa shape index (κ2) is 5.23. The molecule has 0 spiro atoms. The van der Waals surface area contributed by atoms with Gasteiger partial charge in [0.2, 0.25) is 5.88 Å². The Balaban J connectivity index is 2.30. The predicted octanol–water partition coefficient (Wildman–Crippen LogP) is 2.46. The number of carbonyl (C=O) groups is 1. The number of ether oxygens (including phenoxy) is 1. The number of benzene rings is 1. The van der Waals surface area contributed by atoms with E-state index in [9.17, 15) is 9.18 Å². The second-order valence-electron chi connectivity index (χ2n) is 3.65. The molecule has 7 heteroatoms. The number of amides is 1. The molecule has 0 bridgehead atoms. The van der Waals surface area contributed by atoms with E-state index in [4.69, 9.17) is 16.2 Å². The molecule has 19 heavy (non-hydrogen) atoms. The predicted molar refractivity (Wildman–Crippen MR) is 71.3 cm³/mol. The van der Waals surface area contributed by atoms with Crippen LogP contribution in [0, 0.1) is 5.82 Å². The zero-order valence-electron chi connectivity index (χ0n) is 9.56. The van der Waals surface area contributed by atoms with Crippen molar-refractivity contribution in [3.8, 4) is 11.6 Å². The number of rotatable bonds is 3. The molecule has 4 N–H and O–H groups in total. The van der Waals surface area contributed by atoms with E-state index in [-0.39, 0.29) is 21.6 Å². The number of pyridine rings is 1. The van der Waals surface area contributed by atoms with Gasteiger partial charge in [0, 0.05) is 6.07 Å². The molecule has 0 fully saturated rings. The summed E-state index contributed by atoms with van der Waals surface area (Å²) in [6, 6.07) is 5.44. The Morgan fingerprint density at radius 2 is 2.11 bits per heavy atom. The summed E-state index contributed by atoms with van der Waals surface area (Å²) in [5.41, 5.74) is 11.0. The molecule has 5 nitrogen and oxygen atoms in total. The molecule has 1 heterocycles. The third kappa shape index (κ3) is 3.00. The third-order valence-corrected chi connectivity index (χ3v) is 2.90. The highest BCUT2D eigenvalue weighted by Gasteiger charge is 2.10. The van der Waals surface area contributed by atoms with E-state index in [2.05, 4.69) is 20.9 Å². The minimum atomic E-state index is -0.676. The Morgan fingerprint density at radius 3 is 2.74 bits per heavy atom. The lowest BCUT2D eigenvalue weighted by Crippen LogP contribution is -2.13. The number of anilines is 1. The van der Waals surface area contributed by atoms with Crippen LogP contribution in [0.1, 0.15) is 10.4 Å². The van der Waals surface area contributed by atoms with Gasteiger partial charge in [0.1, 0.15) is 11.6 Å². The molecule has 1 aromatic heterocycles. The summed E-state index contributed by atoms with van der Waals surface area (Å²) in [7, 11) is 0. The van der Waals surface area contributed by atoms with Gasteiger partial charge in [-0.05, 0) is 34.1 Å². The van der Waals surface area contributed by atoms with Crippen LogP contribution in [0.4, 0.5) is 10.1 Å².